The van der Waals surface area contributed by atoms with Crippen LogP contribution in [0.5, 0.6) is 5.75 Å². The van der Waals surface area contributed by atoms with E-state index in [-0.39, 0.29) is 43.3 Å². The number of nitrogens with one attached hydrogen (secondary N) is 1. The average molecular weight is 639 g/mol. The molecule has 13 heteroatoms. The van der Waals surface area contributed by atoms with E-state index >= 15 is 0 Å². The molecule has 8 nitrogen and oxygen atoms in total. The van der Waals surface area contributed by atoms with Gasteiger partial charge in [-0.1, -0.05) is 96.5 Å². The Hall–Kier alpha value is -0.550. The molecule has 0 bridgehead atoms. The van der Waals surface area contributed by atoms with E-state index < -0.39 is 24.3 Å². The molecule has 0 radical (unpaired) electrons. The molecule has 38 heavy (non-hydrogen) atoms. The number of esters is 1. The van der Waals surface area contributed by atoms with Crippen LogP contribution < -0.4 is 15.8 Å². The Morgan fingerprint density at radius 1 is 0.737 bits per heavy atom. The molecule has 0 fully saturated rings. The standard InChI is InChI=1S/C25H37Cl5N2O6/c1-35-15(14-32-16(33)12-10-8-6-4-5-7-9-11-13-31)22(36-2)24(37-3)25(34)38-23-20(29)18(27)17(26)19(28)21(23)30/h15,22,24H,4-14,31H2,1-3H3,(H,32,33)/t15-,22-,24+/m0/s1. The van der Waals surface area contributed by atoms with Gasteiger partial charge in [-0.05, 0) is 19.4 Å². The van der Waals surface area contributed by atoms with Gasteiger partial charge in [0.15, 0.2) is 11.9 Å². The van der Waals surface area contributed by atoms with Crippen LogP contribution in [0.2, 0.25) is 25.1 Å². The van der Waals surface area contributed by atoms with Crippen molar-refractivity contribution in [3.63, 3.8) is 0 Å². The van der Waals surface area contributed by atoms with Crippen molar-refractivity contribution < 1.29 is 28.5 Å². The van der Waals surface area contributed by atoms with Crippen molar-refractivity contribution in [3.05, 3.63) is 25.1 Å². The summed E-state index contributed by atoms with van der Waals surface area (Å²) in [5, 5.41) is 2.13. The summed E-state index contributed by atoms with van der Waals surface area (Å²) < 4.78 is 21.7. The number of benzene rings is 1. The lowest BCUT2D eigenvalue weighted by molar-refractivity contribution is -0.163. The molecule has 0 heterocycles. The molecule has 218 valence electrons. The Labute approximate surface area is 250 Å². The number of hydrogen-bond acceptors (Lipinski definition) is 7. The summed E-state index contributed by atoms with van der Waals surface area (Å²) in [5.74, 6) is -1.29. The fraction of sp³-hybridized carbons (Fsp3) is 0.680. The predicted octanol–water partition coefficient (Wildman–Crippen LogP) is 6.49. The summed E-state index contributed by atoms with van der Waals surface area (Å²) in [6.45, 7) is 0.834. The van der Waals surface area contributed by atoms with Gasteiger partial charge in [-0.2, -0.15) is 0 Å². The van der Waals surface area contributed by atoms with Crippen LogP contribution in [0.15, 0.2) is 0 Å². The monoisotopic (exact) mass is 636 g/mol. The molecule has 0 aliphatic carbocycles. The Balaban J connectivity index is 2.66. The molecule has 0 aliphatic heterocycles. The topological polar surface area (TPSA) is 109 Å². The van der Waals surface area contributed by atoms with Crippen molar-refractivity contribution in [2.45, 2.75) is 76.1 Å². The first kappa shape index (κ1) is 35.5. The molecule has 0 saturated carbocycles. The van der Waals surface area contributed by atoms with Gasteiger partial charge in [-0.25, -0.2) is 4.79 Å². The largest absolute Gasteiger partial charge is 0.421 e. The Kier molecular flexibility index (Phi) is 18.2. The zero-order valence-electron chi connectivity index (χ0n) is 21.9. The fourth-order valence-electron chi connectivity index (χ4n) is 3.79. The smallest absolute Gasteiger partial charge is 0.343 e. The van der Waals surface area contributed by atoms with Gasteiger partial charge in [0.1, 0.15) is 22.3 Å². The van der Waals surface area contributed by atoms with E-state index in [4.69, 9.17) is 82.7 Å². The highest BCUT2D eigenvalue weighted by Gasteiger charge is 2.38. The molecular weight excluding hydrogens is 602 g/mol. The van der Waals surface area contributed by atoms with Crippen LogP contribution in [0.4, 0.5) is 0 Å². The van der Waals surface area contributed by atoms with Crippen LogP contribution in [-0.4, -0.2) is 64.6 Å². The molecular formula is C25H37Cl5N2O6. The highest BCUT2D eigenvalue weighted by atomic mass is 35.5. The van der Waals surface area contributed by atoms with E-state index in [0.717, 1.165) is 38.6 Å². The number of ether oxygens (including phenoxy) is 4. The lowest BCUT2D eigenvalue weighted by Crippen LogP contribution is -2.51. The van der Waals surface area contributed by atoms with Gasteiger partial charge in [-0.15, -0.1) is 0 Å². The molecule has 1 amide bonds. The highest BCUT2D eigenvalue weighted by Crippen LogP contribution is 2.48. The van der Waals surface area contributed by atoms with E-state index in [0.29, 0.717) is 6.42 Å². The van der Waals surface area contributed by atoms with Crippen molar-refractivity contribution in [2.24, 2.45) is 5.73 Å². The summed E-state index contributed by atoms with van der Waals surface area (Å²) in [4.78, 5) is 25.4. The third kappa shape index (κ3) is 11.1. The molecule has 3 atom stereocenters. The molecule has 0 aliphatic rings. The zero-order chi connectivity index (χ0) is 28.7. The highest BCUT2D eigenvalue weighted by molar-refractivity contribution is 6.55. The molecule has 1 rings (SSSR count). The SMILES string of the molecule is CO[C@@H]([C@H](CNC(=O)CCCCCCCCCCN)OC)[C@@H](OC)C(=O)Oc1c(Cl)c(Cl)c(Cl)c(Cl)c1Cl. The number of halogens is 5. The molecule has 0 aromatic heterocycles. The molecule has 1 aromatic carbocycles. The number of amides is 1. The number of carbonyl (C=O) groups excluding carboxylic acids is 2. The van der Waals surface area contributed by atoms with Crippen LogP contribution in [-0.2, 0) is 23.8 Å². The normalized spacial score (nSPS) is 13.7. The van der Waals surface area contributed by atoms with Crippen LogP contribution in [0, 0.1) is 0 Å². The summed E-state index contributed by atoms with van der Waals surface area (Å²) >= 11 is 30.4. The maximum atomic E-state index is 13.0. The van der Waals surface area contributed by atoms with Crippen molar-refractivity contribution in [1.82, 2.24) is 5.32 Å². The van der Waals surface area contributed by atoms with Crippen molar-refractivity contribution in [1.29, 1.82) is 0 Å². The Morgan fingerprint density at radius 3 is 1.71 bits per heavy atom. The summed E-state index contributed by atoms with van der Waals surface area (Å²) in [7, 11) is 4.11. The van der Waals surface area contributed by atoms with Gasteiger partial charge in [0.25, 0.3) is 0 Å². The van der Waals surface area contributed by atoms with Gasteiger partial charge in [0, 0.05) is 34.3 Å². The second-order valence-electron chi connectivity index (χ2n) is 8.62. The van der Waals surface area contributed by atoms with Gasteiger partial charge in [0.2, 0.25) is 5.91 Å². The molecule has 0 spiro atoms. The third-order valence-electron chi connectivity index (χ3n) is 5.96. The van der Waals surface area contributed by atoms with Crippen LogP contribution in [0.3, 0.4) is 0 Å². The predicted molar refractivity (Wildman–Crippen MR) is 153 cm³/mol. The van der Waals surface area contributed by atoms with Crippen LogP contribution in [0.1, 0.15) is 57.8 Å². The number of unbranched alkanes of at least 4 members (excludes halogenated alkanes) is 7. The van der Waals surface area contributed by atoms with E-state index in [9.17, 15) is 9.59 Å². The molecule has 3 N–H and O–H groups in total. The Bertz CT molecular complexity index is 863. The van der Waals surface area contributed by atoms with Crippen LogP contribution in [0.25, 0.3) is 0 Å². The number of hydrogen-bond donors (Lipinski definition) is 2. The summed E-state index contributed by atoms with van der Waals surface area (Å²) in [6, 6.07) is 0. The minimum absolute atomic E-state index is 0.0743. The number of rotatable bonds is 19. The number of methoxy groups -OCH3 is 3. The van der Waals surface area contributed by atoms with Gasteiger partial charge in [0.05, 0.1) is 15.1 Å². The van der Waals surface area contributed by atoms with Gasteiger partial charge >= 0.3 is 5.97 Å². The van der Waals surface area contributed by atoms with Gasteiger partial charge < -0.3 is 30.0 Å². The Morgan fingerprint density at radius 2 is 1.24 bits per heavy atom. The quantitative estimate of drug-likeness (QED) is 0.0586. The van der Waals surface area contributed by atoms with Crippen molar-refractivity contribution >= 4 is 69.9 Å². The zero-order valence-corrected chi connectivity index (χ0v) is 25.7. The van der Waals surface area contributed by atoms with E-state index in [1.54, 1.807) is 0 Å². The lowest BCUT2D eigenvalue weighted by Gasteiger charge is -2.30. The second kappa shape index (κ2) is 19.5. The molecule has 1 aromatic rings. The van der Waals surface area contributed by atoms with E-state index in [2.05, 4.69) is 5.32 Å². The first-order chi connectivity index (χ1) is 18.1. The average Bonchev–Trinajstić information content (AvgIpc) is 2.91. The summed E-state index contributed by atoms with van der Waals surface area (Å²) in [6.07, 6.45) is 6.12. The minimum atomic E-state index is -1.27. The third-order valence-corrected chi connectivity index (χ3v) is 8.20. The number of carbonyl (C=O) groups is 2. The maximum absolute atomic E-state index is 13.0. The van der Waals surface area contributed by atoms with Gasteiger partial charge in [-0.3, -0.25) is 4.79 Å². The van der Waals surface area contributed by atoms with Crippen LogP contribution >= 0.6 is 58.0 Å². The minimum Gasteiger partial charge on any atom is -0.421 e. The fourth-order valence-corrected chi connectivity index (χ4v) is 4.99. The maximum Gasteiger partial charge on any atom is 0.343 e. The van der Waals surface area contributed by atoms with Crippen molar-refractivity contribution in [3.8, 4) is 5.75 Å². The number of nitrogens with two attached hydrogens (primary N) is 1. The molecule has 0 unspecified atom stereocenters. The van der Waals surface area contributed by atoms with Crippen molar-refractivity contribution in [2.75, 3.05) is 34.4 Å². The second-order valence-corrected chi connectivity index (χ2v) is 10.5. The molecule has 0 saturated heterocycles. The van der Waals surface area contributed by atoms with E-state index in [1.165, 1.54) is 40.6 Å². The first-order valence-corrected chi connectivity index (χ1v) is 14.3. The first-order valence-electron chi connectivity index (χ1n) is 12.4. The summed E-state index contributed by atoms with van der Waals surface area (Å²) in [5.41, 5.74) is 5.50. The lowest BCUT2D eigenvalue weighted by atomic mass is 10.1. The van der Waals surface area contributed by atoms with E-state index in [1.807, 2.05) is 0 Å².